The second-order valence-corrected chi connectivity index (χ2v) is 3.37. The van der Waals surface area contributed by atoms with Gasteiger partial charge >= 0.3 is 0 Å². The highest BCUT2D eigenvalue weighted by atomic mass is 16.5. The predicted molar refractivity (Wildman–Crippen MR) is 56.9 cm³/mol. The van der Waals surface area contributed by atoms with Crippen molar-refractivity contribution in [2.24, 2.45) is 5.73 Å². The van der Waals surface area contributed by atoms with Gasteiger partial charge in [-0.25, -0.2) is 0 Å². The Morgan fingerprint density at radius 2 is 1.57 bits per heavy atom. The van der Waals surface area contributed by atoms with E-state index < -0.39 is 0 Å². The monoisotopic (exact) mass is 195 g/mol. The minimum Gasteiger partial charge on any atom is -0.496 e. The average molecular weight is 195 g/mol. The van der Waals surface area contributed by atoms with Crippen molar-refractivity contribution in [3.63, 3.8) is 0 Å². The fraction of sp³-hybridized carbons (Fsp3) is 0.455. The van der Waals surface area contributed by atoms with E-state index in [4.69, 9.17) is 15.2 Å². The van der Waals surface area contributed by atoms with Crippen molar-refractivity contribution in [2.45, 2.75) is 19.9 Å². The average Bonchev–Trinajstić information content (AvgIpc) is 2.15. The van der Waals surface area contributed by atoms with E-state index in [1.165, 1.54) is 0 Å². The molecular weight excluding hydrogens is 178 g/mol. The molecule has 1 unspecified atom stereocenters. The zero-order chi connectivity index (χ0) is 10.7. The van der Waals surface area contributed by atoms with Crippen LogP contribution in [-0.4, -0.2) is 14.2 Å². The van der Waals surface area contributed by atoms with Gasteiger partial charge in [-0.3, -0.25) is 0 Å². The van der Waals surface area contributed by atoms with E-state index >= 15 is 0 Å². The Labute approximate surface area is 84.8 Å². The van der Waals surface area contributed by atoms with Crippen LogP contribution in [0.15, 0.2) is 12.1 Å². The topological polar surface area (TPSA) is 44.5 Å². The van der Waals surface area contributed by atoms with E-state index in [0.29, 0.717) is 0 Å². The maximum Gasteiger partial charge on any atom is 0.127 e. The minimum absolute atomic E-state index is 0.0968. The molecule has 0 aromatic heterocycles. The summed E-state index contributed by atoms with van der Waals surface area (Å²) in [5.41, 5.74) is 7.87. The number of nitrogens with two attached hydrogens (primary N) is 1. The molecule has 3 heteroatoms. The summed E-state index contributed by atoms with van der Waals surface area (Å²) in [6.07, 6.45) is 0. The molecule has 1 rings (SSSR count). The van der Waals surface area contributed by atoms with Gasteiger partial charge in [-0.15, -0.1) is 0 Å². The fourth-order valence-electron chi connectivity index (χ4n) is 1.52. The van der Waals surface area contributed by atoms with Gasteiger partial charge in [0.15, 0.2) is 0 Å². The number of ether oxygens (including phenoxy) is 2. The molecule has 0 spiro atoms. The van der Waals surface area contributed by atoms with Crippen LogP contribution in [0.25, 0.3) is 0 Å². The molecule has 0 radical (unpaired) electrons. The van der Waals surface area contributed by atoms with Gasteiger partial charge in [-0.2, -0.15) is 0 Å². The van der Waals surface area contributed by atoms with E-state index in [1.807, 2.05) is 26.0 Å². The molecule has 0 heterocycles. The predicted octanol–water partition coefficient (Wildman–Crippen LogP) is 2.03. The van der Waals surface area contributed by atoms with Crippen LogP contribution in [0.3, 0.4) is 0 Å². The number of methoxy groups -OCH3 is 2. The lowest BCUT2D eigenvalue weighted by atomic mass is 10.0. The largest absolute Gasteiger partial charge is 0.496 e. The Balaban J connectivity index is 3.33. The van der Waals surface area contributed by atoms with Crippen molar-refractivity contribution in [3.8, 4) is 11.5 Å². The van der Waals surface area contributed by atoms with Crippen molar-refractivity contribution < 1.29 is 9.47 Å². The summed E-state index contributed by atoms with van der Waals surface area (Å²) in [4.78, 5) is 0. The van der Waals surface area contributed by atoms with E-state index in [0.717, 1.165) is 22.6 Å². The molecule has 0 saturated carbocycles. The van der Waals surface area contributed by atoms with E-state index in [-0.39, 0.29) is 6.04 Å². The van der Waals surface area contributed by atoms with Crippen LogP contribution in [0, 0.1) is 6.92 Å². The molecule has 3 nitrogen and oxygen atoms in total. The van der Waals surface area contributed by atoms with Gasteiger partial charge in [0.1, 0.15) is 11.5 Å². The third kappa shape index (κ3) is 1.99. The number of hydrogen-bond acceptors (Lipinski definition) is 3. The first-order chi connectivity index (χ1) is 6.60. The van der Waals surface area contributed by atoms with Crippen LogP contribution in [0.5, 0.6) is 11.5 Å². The van der Waals surface area contributed by atoms with Crippen LogP contribution in [-0.2, 0) is 0 Å². The normalized spacial score (nSPS) is 12.4. The summed E-state index contributed by atoms with van der Waals surface area (Å²) in [7, 11) is 3.28. The molecule has 0 aliphatic heterocycles. The second-order valence-electron chi connectivity index (χ2n) is 3.37. The summed E-state index contributed by atoms with van der Waals surface area (Å²) in [5.74, 6) is 1.58. The number of hydrogen-bond donors (Lipinski definition) is 1. The molecule has 2 N–H and O–H groups in total. The lowest BCUT2D eigenvalue weighted by Gasteiger charge is -2.16. The van der Waals surface area contributed by atoms with Crippen LogP contribution >= 0.6 is 0 Å². The maximum absolute atomic E-state index is 5.86. The molecule has 0 bridgehead atoms. The molecule has 0 aliphatic carbocycles. The number of aryl methyl sites for hydroxylation is 1. The zero-order valence-electron chi connectivity index (χ0n) is 9.13. The third-order valence-electron chi connectivity index (χ3n) is 2.14. The van der Waals surface area contributed by atoms with Crippen LogP contribution < -0.4 is 15.2 Å². The highest BCUT2D eigenvalue weighted by Gasteiger charge is 2.14. The van der Waals surface area contributed by atoms with Gasteiger partial charge in [0.05, 0.1) is 19.8 Å². The smallest absolute Gasteiger partial charge is 0.127 e. The SMILES string of the molecule is COc1cc(C)cc(OC)c1C(C)N. The quantitative estimate of drug-likeness (QED) is 0.802. The maximum atomic E-state index is 5.86. The van der Waals surface area contributed by atoms with Gasteiger partial charge in [-0.1, -0.05) is 0 Å². The Bertz CT molecular complexity index is 296. The molecule has 1 aromatic carbocycles. The summed E-state index contributed by atoms with van der Waals surface area (Å²) >= 11 is 0. The van der Waals surface area contributed by atoms with Crippen molar-refractivity contribution in [1.29, 1.82) is 0 Å². The standard InChI is InChI=1S/C11H17NO2/c1-7-5-9(13-3)11(8(2)12)10(6-7)14-4/h5-6,8H,12H2,1-4H3. The summed E-state index contributed by atoms with van der Waals surface area (Å²) in [5, 5.41) is 0. The molecule has 0 saturated heterocycles. The van der Waals surface area contributed by atoms with E-state index in [1.54, 1.807) is 14.2 Å². The number of rotatable bonds is 3. The van der Waals surface area contributed by atoms with Crippen molar-refractivity contribution >= 4 is 0 Å². The van der Waals surface area contributed by atoms with Gasteiger partial charge in [0.2, 0.25) is 0 Å². The minimum atomic E-state index is -0.0968. The van der Waals surface area contributed by atoms with Crippen LogP contribution in [0.4, 0.5) is 0 Å². The Morgan fingerprint density at radius 1 is 1.14 bits per heavy atom. The third-order valence-corrected chi connectivity index (χ3v) is 2.14. The van der Waals surface area contributed by atoms with Gasteiger partial charge in [0, 0.05) is 6.04 Å². The number of benzene rings is 1. The molecule has 0 amide bonds. The van der Waals surface area contributed by atoms with Crippen molar-refractivity contribution in [1.82, 2.24) is 0 Å². The lowest BCUT2D eigenvalue weighted by Crippen LogP contribution is -2.09. The Morgan fingerprint density at radius 3 is 1.86 bits per heavy atom. The summed E-state index contributed by atoms with van der Waals surface area (Å²) < 4.78 is 10.5. The fourth-order valence-corrected chi connectivity index (χ4v) is 1.52. The molecule has 1 aromatic rings. The zero-order valence-corrected chi connectivity index (χ0v) is 9.13. The molecule has 1 atom stereocenters. The summed E-state index contributed by atoms with van der Waals surface area (Å²) in [6.45, 7) is 3.91. The van der Waals surface area contributed by atoms with Gasteiger partial charge < -0.3 is 15.2 Å². The Hall–Kier alpha value is -1.22. The molecule has 14 heavy (non-hydrogen) atoms. The highest BCUT2D eigenvalue weighted by molar-refractivity contribution is 5.49. The highest BCUT2D eigenvalue weighted by Crippen LogP contribution is 2.34. The molecule has 0 fully saturated rings. The Kier molecular flexibility index (Phi) is 3.36. The van der Waals surface area contributed by atoms with E-state index in [2.05, 4.69) is 0 Å². The first-order valence-electron chi connectivity index (χ1n) is 4.58. The molecule has 0 aliphatic rings. The molecular formula is C11H17NO2. The van der Waals surface area contributed by atoms with Crippen molar-refractivity contribution in [3.05, 3.63) is 23.3 Å². The van der Waals surface area contributed by atoms with Crippen LogP contribution in [0.1, 0.15) is 24.1 Å². The first kappa shape index (κ1) is 10.9. The van der Waals surface area contributed by atoms with Gasteiger partial charge in [-0.05, 0) is 31.5 Å². The van der Waals surface area contributed by atoms with Gasteiger partial charge in [0.25, 0.3) is 0 Å². The van der Waals surface area contributed by atoms with Crippen LogP contribution in [0.2, 0.25) is 0 Å². The van der Waals surface area contributed by atoms with E-state index in [9.17, 15) is 0 Å². The van der Waals surface area contributed by atoms with Crippen molar-refractivity contribution in [2.75, 3.05) is 14.2 Å². The summed E-state index contributed by atoms with van der Waals surface area (Å²) in [6, 6.07) is 3.82. The second kappa shape index (κ2) is 4.33. The lowest BCUT2D eigenvalue weighted by molar-refractivity contribution is 0.380. The first-order valence-corrected chi connectivity index (χ1v) is 4.58. The molecule has 78 valence electrons.